The number of pyridine rings is 1. The van der Waals surface area contributed by atoms with Crippen molar-refractivity contribution >= 4 is 16.3 Å². The largest absolute Gasteiger partial charge is 0.256 e. The molecule has 0 unspecified atom stereocenters. The molecule has 2 rings (SSSR count). The van der Waals surface area contributed by atoms with Gasteiger partial charge in [-0.1, -0.05) is 54.6 Å². The summed E-state index contributed by atoms with van der Waals surface area (Å²) in [5, 5.41) is 2.38. The molecule has 0 aliphatic heterocycles. The molecule has 1 aromatic heterocycles. The minimum atomic E-state index is 1.01. The number of aromatic nitrogens is 1. The lowest BCUT2D eigenvalue weighted by Gasteiger charge is -2.06. The summed E-state index contributed by atoms with van der Waals surface area (Å²) in [6.07, 6.45) is 8.02. The van der Waals surface area contributed by atoms with E-state index in [9.17, 15) is 0 Å². The summed E-state index contributed by atoms with van der Waals surface area (Å²) in [5.74, 6) is 0. The minimum Gasteiger partial charge on any atom is -0.256 e. The van der Waals surface area contributed by atoms with Crippen molar-refractivity contribution in [3.63, 3.8) is 0 Å². The molecule has 2 aromatic rings. The summed E-state index contributed by atoms with van der Waals surface area (Å²) < 4.78 is 0. The summed E-state index contributed by atoms with van der Waals surface area (Å²) >= 11 is 0. The number of allylic oxidation sites excluding steroid dienone is 5. The Hall–Kier alpha value is -2.41. The first-order valence-electron chi connectivity index (χ1n) is 6.56. The molecule has 1 heteroatoms. The fraction of sp³-hybridized carbons (Fsp3) is 0.105. The molecule has 0 N–H and O–H groups in total. The molecule has 1 nitrogen and oxygen atoms in total. The Kier molecular flexibility index (Phi) is 6.18. The molecule has 0 radical (unpaired) electrons. The number of benzene rings is 1. The van der Waals surface area contributed by atoms with Gasteiger partial charge in [-0.2, -0.15) is 0 Å². The first-order valence-corrected chi connectivity index (χ1v) is 6.56. The minimum absolute atomic E-state index is 1.01. The van der Waals surface area contributed by atoms with Crippen LogP contribution in [0.5, 0.6) is 0 Å². The zero-order valence-electron chi connectivity index (χ0n) is 12.3. The number of rotatable bonds is 3. The average molecular weight is 263 g/mol. The van der Waals surface area contributed by atoms with Gasteiger partial charge in [-0.15, -0.1) is 13.2 Å². The fourth-order valence-electron chi connectivity index (χ4n) is 1.99. The lowest BCUT2D eigenvalue weighted by Crippen LogP contribution is -1.89. The average Bonchev–Trinajstić information content (AvgIpc) is 2.48. The van der Waals surface area contributed by atoms with Gasteiger partial charge in [0, 0.05) is 17.2 Å². The van der Waals surface area contributed by atoms with Crippen LogP contribution in [0.3, 0.4) is 0 Å². The summed E-state index contributed by atoms with van der Waals surface area (Å²) in [6.45, 7) is 14.0. The van der Waals surface area contributed by atoms with Gasteiger partial charge in [-0.3, -0.25) is 4.98 Å². The van der Waals surface area contributed by atoms with Crippen molar-refractivity contribution in [3.8, 4) is 0 Å². The zero-order valence-corrected chi connectivity index (χ0v) is 12.3. The van der Waals surface area contributed by atoms with E-state index in [0.717, 1.165) is 16.8 Å². The van der Waals surface area contributed by atoms with Gasteiger partial charge in [-0.05, 0) is 25.3 Å². The van der Waals surface area contributed by atoms with Crippen LogP contribution >= 0.6 is 0 Å². The van der Waals surface area contributed by atoms with Gasteiger partial charge in [0.2, 0.25) is 0 Å². The summed E-state index contributed by atoms with van der Waals surface area (Å²) in [7, 11) is 0. The van der Waals surface area contributed by atoms with Crippen LogP contribution < -0.4 is 0 Å². The topological polar surface area (TPSA) is 12.9 Å². The number of nitrogens with zero attached hydrogens (tertiary/aromatic N) is 1. The van der Waals surface area contributed by atoms with Gasteiger partial charge in [-0.25, -0.2) is 0 Å². The molecule has 0 aliphatic carbocycles. The van der Waals surface area contributed by atoms with Gasteiger partial charge in [0.25, 0.3) is 0 Å². The van der Waals surface area contributed by atoms with E-state index in [4.69, 9.17) is 0 Å². The lowest BCUT2D eigenvalue weighted by atomic mass is 10.0. The Morgan fingerprint density at radius 2 is 1.85 bits per heavy atom. The molecular formula is C19H21N. The molecule has 0 amide bonds. The molecular weight excluding hydrogens is 242 g/mol. The maximum absolute atomic E-state index is 4.52. The zero-order chi connectivity index (χ0) is 15.0. The second kappa shape index (κ2) is 7.90. The van der Waals surface area contributed by atoms with Gasteiger partial charge in [0.15, 0.2) is 0 Å². The van der Waals surface area contributed by atoms with Crippen LogP contribution in [-0.2, 0) is 0 Å². The summed E-state index contributed by atoms with van der Waals surface area (Å²) in [4.78, 5) is 4.52. The van der Waals surface area contributed by atoms with Crippen LogP contribution in [0.1, 0.15) is 19.5 Å². The van der Waals surface area contributed by atoms with Gasteiger partial charge in [0.1, 0.15) is 0 Å². The molecule has 20 heavy (non-hydrogen) atoms. The van der Waals surface area contributed by atoms with E-state index in [-0.39, 0.29) is 0 Å². The molecule has 1 aromatic carbocycles. The Morgan fingerprint density at radius 3 is 2.50 bits per heavy atom. The third kappa shape index (κ3) is 3.79. The Balaban J connectivity index is 0.000000956. The van der Waals surface area contributed by atoms with Crippen LogP contribution in [0.15, 0.2) is 80.1 Å². The lowest BCUT2D eigenvalue weighted by molar-refractivity contribution is 1.31. The second-order valence-electron chi connectivity index (χ2n) is 4.33. The van der Waals surface area contributed by atoms with Crippen molar-refractivity contribution in [2.75, 3.05) is 0 Å². The van der Waals surface area contributed by atoms with Crippen molar-refractivity contribution in [2.45, 2.75) is 13.8 Å². The Morgan fingerprint density at radius 1 is 1.15 bits per heavy atom. The first kappa shape index (κ1) is 15.6. The molecule has 0 bridgehead atoms. The SMILES string of the molecule is C=C.C=C(C)/C=C(\C=C/C)c1nccc2ccccc12. The fourth-order valence-corrected chi connectivity index (χ4v) is 1.99. The Bertz CT molecular complexity index is 642. The number of fused-ring (bicyclic) bond motifs is 1. The standard InChI is InChI=1S/C17H17N.C2H4/c1-4-7-15(12-13(2)3)17-16-9-6-5-8-14(16)10-11-18-17;1-2/h4-12H,2H2,1,3H3;1-2H2/b7-4-,15-12+;. The van der Waals surface area contributed by atoms with E-state index in [1.165, 1.54) is 10.8 Å². The quantitative estimate of drug-likeness (QED) is 0.521. The molecule has 0 atom stereocenters. The van der Waals surface area contributed by atoms with Gasteiger partial charge in [0.05, 0.1) is 5.69 Å². The molecule has 0 saturated heterocycles. The normalized spacial score (nSPS) is 11.2. The highest BCUT2D eigenvalue weighted by atomic mass is 14.7. The van der Waals surface area contributed by atoms with E-state index in [1.807, 2.05) is 44.3 Å². The molecule has 1 heterocycles. The number of hydrogen-bond donors (Lipinski definition) is 0. The van der Waals surface area contributed by atoms with E-state index >= 15 is 0 Å². The third-order valence-corrected chi connectivity index (χ3v) is 2.70. The van der Waals surface area contributed by atoms with Crippen molar-refractivity contribution in [2.24, 2.45) is 0 Å². The van der Waals surface area contributed by atoms with Crippen LogP contribution in [0.4, 0.5) is 0 Å². The van der Waals surface area contributed by atoms with E-state index in [1.54, 1.807) is 0 Å². The second-order valence-corrected chi connectivity index (χ2v) is 4.33. The van der Waals surface area contributed by atoms with Crippen LogP contribution in [0.25, 0.3) is 16.3 Å². The van der Waals surface area contributed by atoms with Crippen molar-refractivity contribution < 1.29 is 0 Å². The molecule has 0 spiro atoms. The third-order valence-electron chi connectivity index (χ3n) is 2.70. The van der Waals surface area contributed by atoms with Gasteiger partial charge < -0.3 is 0 Å². The predicted octanol–water partition coefficient (Wildman–Crippen LogP) is 5.57. The maximum atomic E-state index is 4.52. The molecule has 0 fully saturated rings. The highest BCUT2D eigenvalue weighted by Gasteiger charge is 2.05. The smallest absolute Gasteiger partial charge is 0.0780 e. The monoisotopic (exact) mass is 263 g/mol. The summed E-state index contributed by atoms with van der Waals surface area (Å²) in [5.41, 5.74) is 3.13. The maximum Gasteiger partial charge on any atom is 0.0780 e. The van der Waals surface area contributed by atoms with E-state index in [2.05, 4.69) is 49.0 Å². The van der Waals surface area contributed by atoms with E-state index in [0.29, 0.717) is 0 Å². The van der Waals surface area contributed by atoms with Crippen molar-refractivity contribution in [1.29, 1.82) is 0 Å². The highest BCUT2D eigenvalue weighted by molar-refractivity contribution is 5.94. The Labute approximate surface area is 121 Å². The predicted molar refractivity (Wildman–Crippen MR) is 90.6 cm³/mol. The molecule has 0 saturated carbocycles. The van der Waals surface area contributed by atoms with Crippen molar-refractivity contribution in [3.05, 3.63) is 85.8 Å². The van der Waals surface area contributed by atoms with Crippen LogP contribution in [0, 0.1) is 0 Å². The summed E-state index contributed by atoms with van der Waals surface area (Å²) in [6, 6.07) is 10.3. The highest BCUT2D eigenvalue weighted by Crippen LogP contribution is 2.24. The van der Waals surface area contributed by atoms with Crippen molar-refractivity contribution in [1.82, 2.24) is 4.98 Å². The van der Waals surface area contributed by atoms with Gasteiger partial charge >= 0.3 is 0 Å². The van der Waals surface area contributed by atoms with Crippen LogP contribution in [0.2, 0.25) is 0 Å². The molecule has 102 valence electrons. The number of hydrogen-bond acceptors (Lipinski definition) is 1. The first-order chi connectivity index (χ1) is 9.72. The molecule has 0 aliphatic rings. The van der Waals surface area contributed by atoms with Crippen LogP contribution in [-0.4, -0.2) is 4.98 Å². The van der Waals surface area contributed by atoms with E-state index < -0.39 is 0 Å².